The molecule has 0 aromatic carbocycles. The van der Waals surface area contributed by atoms with Crippen molar-refractivity contribution in [3.63, 3.8) is 0 Å². The van der Waals surface area contributed by atoms with Gasteiger partial charge >= 0.3 is 0 Å². The molecule has 1 rings (SSSR count). The first-order chi connectivity index (χ1) is 19.6. The number of rotatable bonds is 30. The fourth-order valence-electron chi connectivity index (χ4n) is 4.66. The Balaban J connectivity index is 2.06. The van der Waals surface area contributed by atoms with E-state index in [2.05, 4.69) is 27.7 Å². The second-order valence-corrected chi connectivity index (χ2v) is 17.2. The van der Waals surface area contributed by atoms with E-state index in [0.29, 0.717) is 0 Å². The van der Waals surface area contributed by atoms with Gasteiger partial charge in [0.1, 0.15) is 3.14 Å². The molecular formula is C33H62O2S5. The van der Waals surface area contributed by atoms with Gasteiger partial charge in [-0.15, -0.1) is 46.2 Å². The molecule has 1 aromatic heterocycles. The van der Waals surface area contributed by atoms with Crippen LogP contribution in [0.4, 0.5) is 0 Å². The average Bonchev–Trinajstić information content (AvgIpc) is 3.31. The Labute approximate surface area is 271 Å². The normalized spacial score (nSPS) is 13.2. The Bertz CT molecular complexity index is 663. The van der Waals surface area contributed by atoms with Crippen LogP contribution in [0.5, 0.6) is 0 Å². The van der Waals surface area contributed by atoms with Crippen molar-refractivity contribution in [2.45, 2.75) is 177 Å². The Morgan fingerprint density at radius 1 is 0.525 bits per heavy atom. The highest BCUT2D eigenvalue weighted by Gasteiger charge is 2.13. The van der Waals surface area contributed by atoms with E-state index in [-0.39, 0.29) is 12.2 Å². The first-order valence-electron chi connectivity index (χ1n) is 16.7. The molecule has 40 heavy (non-hydrogen) atoms. The van der Waals surface area contributed by atoms with E-state index in [0.717, 1.165) is 27.9 Å². The van der Waals surface area contributed by atoms with Gasteiger partial charge in [0.2, 0.25) is 0 Å². The van der Waals surface area contributed by atoms with Crippen molar-refractivity contribution in [1.82, 2.24) is 0 Å². The van der Waals surface area contributed by atoms with Crippen molar-refractivity contribution in [2.75, 3.05) is 24.7 Å². The zero-order valence-corrected chi connectivity index (χ0v) is 30.6. The minimum Gasteiger partial charge on any atom is -0.378 e. The maximum atomic E-state index is 6.12. The Kier molecular flexibility index (Phi) is 27.9. The van der Waals surface area contributed by atoms with Crippen molar-refractivity contribution in [2.24, 2.45) is 0 Å². The molecule has 0 N–H and O–H groups in total. The maximum absolute atomic E-state index is 6.12. The zero-order valence-electron chi connectivity index (χ0n) is 26.5. The first-order valence-corrected chi connectivity index (χ1v) is 20.7. The van der Waals surface area contributed by atoms with Gasteiger partial charge in [-0.1, -0.05) is 142 Å². The Morgan fingerprint density at radius 3 is 1.15 bits per heavy atom. The van der Waals surface area contributed by atoms with Crippen LogP contribution in [0.1, 0.15) is 156 Å². The van der Waals surface area contributed by atoms with Crippen molar-refractivity contribution < 1.29 is 9.47 Å². The highest BCUT2D eigenvalue weighted by atomic mass is 32.2. The highest BCUT2D eigenvalue weighted by Crippen LogP contribution is 2.41. The molecule has 0 bridgehead atoms. The largest absolute Gasteiger partial charge is 0.378 e. The summed E-state index contributed by atoms with van der Waals surface area (Å²) in [4.78, 5) is 0. The third-order valence-corrected chi connectivity index (χ3v) is 13.3. The molecule has 1 aromatic rings. The van der Waals surface area contributed by atoms with Crippen molar-refractivity contribution in [1.29, 1.82) is 0 Å². The summed E-state index contributed by atoms with van der Waals surface area (Å²) in [6.07, 6.45) is 27.9. The monoisotopic (exact) mass is 650 g/mol. The molecule has 0 amide bonds. The quantitative estimate of drug-likeness (QED) is 0.0467. The van der Waals surface area contributed by atoms with E-state index >= 15 is 0 Å². The fraction of sp³-hybridized carbons (Fsp3) is 0.909. The number of thioether (sulfide) groups is 2. The third kappa shape index (κ3) is 23.4. The molecule has 0 unspecified atom stereocenters. The number of hydrogen-bond acceptors (Lipinski definition) is 7. The van der Waals surface area contributed by atoms with Crippen LogP contribution in [0.2, 0.25) is 0 Å². The average molecular weight is 651 g/mol. The van der Waals surface area contributed by atoms with Crippen LogP contribution in [-0.2, 0) is 9.47 Å². The lowest BCUT2D eigenvalue weighted by molar-refractivity contribution is 0.0784. The number of hydrogen-bond donors (Lipinski definition) is 0. The molecule has 0 aliphatic heterocycles. The van der Waals surface area contributed by atoms with E-state index in [1.165, 1.54) is 137 Å². The summed E-state index contributed by atoms with van der Waals surface area (Å²) in [5.74, 6) is 2.00. The van der Waals surface area contributed by atoms with Gasteiger partial charge in [-0.25, -0.2) is 0 Å². The summed E-state index contributed by atoms with van der Waals surface area (Å²) >= 11 is 12.9. The summed E-state index contributed by atoms with van der Waals surface area (Å²) in [6.45, 7) is 10.8. The van der Waals surface area contributed by atoms with E-state index in [1.807, 2.05) is 23.5 Å². The predicted octanol–water partition coefficient (Wildman–Crippen LogP) is 13.4. The lowest BCUT2D eigenvalue weighted by Gasteiger charge is -2.14. The molecule has 0 aliphatic carbocycles. The first kappa shape index (κ1) is 38.9. The predicted molar refractivity (Wildman–Crippen MR) is 189 cm³/mol. The minimum atomic E-state index is 0.283. The Hall–Kier alpha value is 0.890. The fourth-order valence-corrected chi connectivity index (χ4v) is 10.7. The topological polar surface area (TPSA) is 18.5 Å². The lowest BCUT2D eigenvalue weighted by Crippen LogP contribution is -2.12. The molecule has 1 heterocycles. The molecule has 0 radical (unpaired) electrons. The van der Waals surface area contributed by atoms with Crippen LogP contribution in [0.25, 0.3) is 0 Å². The highest BCUT2D eigenvalue weighted by molar-refractivity contribution is 8.05. The number of ether oxygens (including phenoxy) is 2. The van der Waals surface area contributed by atoms with Gasteiger partial charge < -0.3 is 9.47 Å². The molecule has 2 atom stereocenters. The summed E-state index contributed by atoms with van der Waals surface area (Å²) in [7, 11) is 0. The van der Waals surface area contributed by atoms with Gasteiger partial charge in [0.15, 0.2) is 0 Å². The second kappa shape index (κ2) is 28.6. The zero-order chi connectivity index (χ0) is 29.1. The molecule has 2 nitrogen and oxygen atoms in total. The second-order valence-electron chi connectivity index (χ2n) is 11.4. The lowest BCUT2D eigenvalue weighted by atomic mass is 10.1. The third-order valence-electron chi connectivity index (χ3n) is 7.22. The van der Waals surface area contributed by atoms with E-state index in [4.69, 9.17) is 21.7 Å². The van der Waals surface area contributed by atoms with Gasteiger partial charge in [-0.05, 0) is 26.7 Å². The molecule has 0 fully saturated rings. The molecule has 236 valence electrons. The van der Waals surface area contributed by atoms with Crippen LogP contribution in [0, 0.1) is 3.14 Å². The minimum absolute atomic E-state index is 0.283. The van der Waals surface area contributed by atoms with Crippen LogP contribution in [-0.4, -0.2) is 36.9 Å². The van der Waals surface area contributed by atoms with E-state index in [1.54, 1.807) is 22.7 Å². The van der Waals surface area contributed by atoms with Gasteiger partial charge in [-0.3, -0.25) is 0 Å². The van der Waals surface area contributed by atoms with Crippen LogP contribution in [0.3, 0.4) is 0 Å². The summed E-state index contributed by atoms with van der Waals surface area (Å²) in [5, 5.41) is 0. The van der Waals surface area contributed by atoms with Crippen LogP contribution < -0.4 is 0 Å². The van der Waals surface area contributed by atoms with Gasteiger partial charge in [0, 0.05) is 24.7 Å². The smallest absolute Gasteiger partial charge is 0.145 e. The summed E-state index contributed by atoms with van der Waals surface area (Å²) < 4.78 is 16.0. The van der Waals surface area contributed by atoms with Crippen molar-refractivity contribution >= 4 is 58.4 Å². The maximum Gasteiger partial charge on any atom is 0.145 e. The van der Waals surface area contributed by atoms with E-state index < -0.39 is 0 Å². The van der Waals surface area contributed by atoms with Crippen molar-refractivity contribution in [3.8, 4) is 0 Å². The molecule has 0 saturated heterocycles. The standard InChI is InChI=1S/C33H62O2S5/c1-5-7-9-11-13-15-17-19-21-23-25-34-29(3)27-37-31-32(40-33(36)39-31)38-28-30(4)35-26-24-22-20-18-16-14-12-10-8-6-2/h29-30H,5-28H2,1-4H3/t29-,30-/m0/s1. The van der Waals surface area contributed by atoms with Gasteiger partial charge in [0.25, 0.3) is 0 Å². The Morgan fingerprint density at radius 2 is 0.825 bits per heavy atom. The van der Waals surface area contributed by atoms with Crippen LogP contribution in [0.15, 0.2) is 8.42 Å². The molecule has 0 spiro atoms. The van der Waals surface area contributed by atoms with Gasteiger partial charge in [0.05, 0.1) is 20.6 Å². The molecule has 7 heteroatoms. The molecule has 0 saturated carbocycles. The summed E-state index contributed by atoms with van der Waals surface area (Å²) in [6, 6.07) is 0. The molecule has 0 aliphatic rings. The summed E-state index contributed by atoms with van der Waals surface area (Å²) in [5.41, 5.74) is 0. The van der Waals surface area contributed by atoms with Crippen molar-refractivity contribution in [3.05, 3.63) is 3.14 Å². The molecular weight excluding hydrogens is 589 g/mol. The number of unbranched alkanes of at least 4 members (excludes halogenated alkanes) is 18. The van der Waals surface area contributed by atoms with Crippen LogP contribution >= 0.6 is 58.4 Å². The van der Waals surface area contributed by atoms with Gasteiger partial charge in [-0.2, -0.15) is 0 Å². The van der Waals surface area contributed by atoms with E-state index in [9.17, 15) is 0 Å². The SMILES string of the molecule is CCCCCCCCCCCCO[C@@H](C)CSc1sc(=S)sc1SC[C@H](C)OCCCCCCCCCCCC.